The van der Waals surface area contributed by atoms with Gasteiger partial charge in [-0.1, -0.05) is 345 Å². The molecule has 0 amide bonds. The fourth-order valence-corrected chi connectivity index (χ4v) is 19.4. The highest BCUT2D eigenvalue weighted by molar-refractivity contribution is 7.00. The van der Waals surface area contributed by atoms with Crippen molar-refractivity contribution in [1.82, 2.24) is 9.13 Å². The van der Waals surface area contributed by atoms with Gasteiger partial charge in [0, 0.05) is 77.9 Å². The molecule has 2 aromatic heterocycles. The largest absolute Gasteiger partial charge is 0.310 e. The van der Waals surface area contributed by atoms with Crippen molar-refractivity contribution in [2.45, 2.75) is 52.4 Å². The molecule has 0 radical (unpaired) electrons. The van der Waals surface area contributed by atoms with E-state index in [1.165, 1.54) is 82.4 Å². The van der Waals surface area contributed by atoms with Crippen LogP contribution < -0.4 is 26.2 Å². The Hall–Kier alpha value is -14.8. The first-order chi connectivity index (χ1) is 59.3. The number of anilines is 6. The molecule has 5 heteroatoms. The Morgan fingerprint density at radius 2 is 0.479 bits per heavy atom. The Balaban J connectivity index is 0.865. The van der Waals surface area contributed by atoms with E-state index in [4.69, 9.17) is 0 Å². The van der Waals surface area contributed by atoms with Crippen LogP contribution in [0.3, 0.4) is 0 Å². The second kappa shape index (κ2) is 29.1. The molecule has 0 N–H and O–H groups in total. The molecule has 0 bridgehead atoms. The average molecular weight is 1550 g/mol. The van der Waals surface area contributed by atoms with Crippen LogP contribution >= 0.6 is 0 Å². The maximum atomic E-state index is 2.72. The van der Waals surface area contributed by atoms with Crippen LogP contribution in [0.2, 0.25) is 0 Å². The fraction of sp³-hybridized carbons (Fsp3) is 0.0690. The third-order valence-electron chi connectivity index (χ3n) is 25.4. The van der Waals surface area contributed by atoms with Gasteiger partial charge in [0.2, 0.25) is 0 Å². The van der Waals surface area contributed by atoms with Crippen molar-refractivity contribution in [1.29, 1.82) is 0 Å². The average Bonchev–Trinajstić information content (AvgIpc) is 1.53. The molecule has 121 heavy (non-hydrogen) atoms. The van der Waals surface area contributed by atoms with Crippen LogP contribution in [0, 0.1) is 0 Å². The van der Waals surface area contributed by atoms with Crippen molar-refractivity contribution in [3.05, 3.63) is 430 Å². The number of aromatic nitrogens is 2. The molecule has 20 aromatic rings. The molecule has 0 atom stereocenters. The molecule has 4 heterocycles. The molecule has 22 rings (SSSR count). The fourth-order valence-electron chi connectivity index (χ4n) is 19.4. The molecule has 574 valence electrons. The van der Waals surface area contributed by atoms with Gasteiger partial charge in [-0.3, -0.25) is 0 Å². The number of benzene rings is 18. The molecule has 2 aliphatic heterocycles. The van der Waals surface area contributed by atoms with Gasteiger partial charge in [-0.05, 0) is 231 Å². The number of hydrogen-bond donors (Lipinski definition) is 0. The van der Waals surface area contributed by atoms with Crippen molar-refractivity contribution in [2.75, 3.05) is 9.80 Å². The van der Waals surface area contributed by atoms with Gasteiger partial charge in [0.05, 0.1) is 33.4 Å². The Morgan fingerprint density at radius 1 is 0.198 bits per heavy atom. The quantitative estimate of drug-likeness (QED) is 0.107. The van der Waals surface area contributed by atoms with Gasteiger partial charge in [-0.2, -0.15) is 0 Å². The van der Waals surface area contributed by atoms with Crippen LogP contribution in [-0.4, -0.2) is 15.8 Å². The van der Waals surface area contributed by atoms with E-state index in [0.29, 0.717) is 0 Å². The molecule has 0 aliphatic carbocycles. The number of hydrogen-bond acceptors (Lipinski definition) is 2. The minimum atomic E-state index is -0.285. The summed E-state index contributed by atoms with van der Waals surface area (Å²) < 4.78 is 5.03. The molecule has 0 fully saturated rings. The van der Waals surface area contributed by atoms with E-state index >= 15 is 0 Å². The van der Waals surface area contributed by atoms with E-state index in [9.17, 15) is 0 Å². The second-order valence-corrected chi connectivity index (χ2v) is 34.7. The lowest BCUT2D eigenvalue weighted by molar-refractivity contribution is 0.590. The Kier molecular flexibility index (Phi) is 17.5. The lowest BCUT2D eigenvalue weighted by Gasteiger charge is -2.46. The predicted octanol–water partition coefficient (Wildman–Crippen LogP) is 29.6. The summed E-state index contributed by atoms with van der Waals surface area (Å²) in [6.07, 6.45) is 0. The van der Waals surface area contributed by atoms with Gasteiger partial charge < -0.3 is 18.9 Å². The van der Waals surface area contributed by atoms with Gasteiger partial charge in [-0.15, -0.1) is 0 Å². The molecule has 0 saturated carbocycles. The molecule has 18 aromatic carbocycles. The number of nitrogens with zero attached hydrogens (tertiary/aromatic N) is 4. The van der Waals surface area contributed by atoms with E-state index in [0.717, 1.165) is 134 Å². The number of rotatable bonds is 13. The summed E-state index contributed by atoms with van der Waals surface area (Å²) in [5.41, 5.74) is 39.8. The zero-order chi connectivity index (χ0) is 81.2. The summed E-state index contributed by atoms with van der Waals surface area (Å²) in [6.45, 7) is 13.9. The second-order valence-electron chi connectivity index (χ2n) is 34.7. The highest BCUT2D eigenvalue weighted by Crippen LogP contribution is 2.56. The minimum Gasteiger partial charge on any atom is -0.310 e. The zero-order valence-corrected chi connectivity index (χ0v) is 68.7. The summed E-state index contributed by atoms with van der Waals surface area (Å²) in [5, 5.41) is 4.84. The Morgan fingerprint density at radius 3 is 0.851 bits per heavy atom. The molecule has 0 unspecified atom stereocenters. The lowest BCUT2D eigenvalue weighted by Crippen LogP contribution is -2.61. The van der Waals surface area contributed by atoms with E-state index in [1.807, 2.05) is 0 Å². The lowest BCUT2D eigenvalue weighted by atomic mass is 9.33. The van der Waals surface area contributed by atoms with Crippen molar-refractivity contribution in [2.24, 2.45) is 0 Å². The summed E-state index contributed by atoms with van der Waals surface area (Å²) in [5.74, 6) is 0. The Labute approximate surface area is 708 Å². The normalized spacial score (nSPS) is 12.5. The van der Waals surface area contributed by atoms with E-state index in [1.54, 1.807) is 0 Å². The van der Waals surface area contributed by atoms with Crippen LogP contribution in [0.1, 0.15) is 52.7 Å². The van der Waals surface area contributed by atoms with Crippen LogP contribution in [0.15, 0.2) is 419 Å². The van der Waals surface area contributed by atoms with Crippen LogP contribution in [-0.2, 0) is 10.8 Å². The van der Waals surface area contributed by atoms with E-state index in [-0.39, 0.29) is 17.5 Å². The summed E-state index contributed by atoms with van der Waals surface area (Å²) >= 11 is 0. The topological polar surface area (TPSA) is 16.3 Å². The zero-order valence-electron chi connectivity index (χ0n) is 68.7. The maximum absolute atomic E-state index is 2.72. The van der Waals surface area contributed by atoms with Gasteiger partial charge in [0.25, 0.3) is 6.71 Å². The highest BCUT2D eigenvalue weighted by Gasteiger charge is 2.46. The molecular weight excluding hydrogens is 1460 g/mol. The molecule has 0 saturated heterocycles. The standard InChI is InChI=1S/C116H87BN4/c1-115(2,3)90-70-97(79-39-18-10-19-40-79)113(99(72-90)88-49-30-47-85(67-88)83-45-28-43-81(65-83)76-33-12-7-13-34-76)120-108-57-32-58-109-112(108)117(102-62-60-92(74-110(102)120)118-104-54-25-22-51-94(104)95-52-23-26-55-105(95)118)103-63-61-93(119-106-56-27-24-53-96(106)101-69-87(59-64-107(101)119)78-37-16-9-17-38-78)75-111(103)121(109)114-98(80-41-20-11-21-42-80)71-91(116(4,5)6)73-100(114)89-50-31-48-86(68-89)84-46-29-44-82(66-84)77-35-14-8-15-36-77/h7-75H,1-6H3. The van der Waals surface area contributed by atoms with Crippen LogP contribution in [0.5, 0.6) is 0 Å². The third-order valence-corrected chi connectivity index (χ3v) is 25.4. The minimum absolute atomic E-state index is 0.255. The number of para-hydroxylation sites is 3. The SMILES string of the molecule is CC(C)(C)c1cc(-c2ccccc2)c(N2c3cc(-n4c5ccccc5c5ccccc54)ccc3B3c4ccc(-n5c6ccccc6c6cc(-c7ccccc7)ccc65)cc4N(c4c(-c5ccccc5)cc(C(C)(C)C)cc4-c4cccc(-c5cccc(-c6ccccc6)c5)c4)c4cccc2c43)c(-c2cccc(-c3cccc(-c4ccccc4)c3)c2)c1. The van der Waals surface area contributed by atoms with Crippen LogP contribution in [0.25, 0.3) is 155 Å². The smallest absolute Gasteiger partial charge is 0.252 e. The van der Waals surface area contributed by atoms with Crippen molar-refractivity contribution >= 4 is 101 Å². The summed E-state index contributed by atoms with van der Waals surface area (Å²) in [6, 6.07) is 158. The van der Waals surface area contributed by atoms with Gasteiger partial charge in [0.15, 0.2) is 0 Å². The summed E-state index contributed by atoms with van der Waals surface area (Å²) in [4.78, 5) is 5.43. The highest BCUT2D eigenvalue weighted by atomic mass is 15.2. The number of fused-ring (bicyclic) bond motifs is 10. The maximum Gasteiger partial charge on any atom is 0.252 e. The molecule has 0 spiro atoms. The van der Waals surface area contributed by atoms with Crippen molar-refractivity contribution in [3.63, 3.8) is 0 Å². The van der Waals surface area contributed by atoms with E-state index < -0.39 is 0 Å². The van der Waals surface area contributed by atoms with Crippen molar-refractivity contribution < 1.29 is 0 Å². The monoisotopic (exact) mass is 1550 g/mol. The van der Waals surface area contributed by atoms with Gasteiger partial charge >= 0.3 is 0 Å². The predicted molar refractivity (Wildman–Crippen MR) is 515 cm³/mol. The Bertz CT molecular complexity index is 7420. The van der Waals surface area contributed by atoms with Crippen LogP contribution in [0.4, 0.5) is 34.1 Å². The first-order valence-electron chi connectivity index (χ1n) is 42.4. The molecule has 2 aliphatic rings. The van der Waals surface area contributed by atoms with Gasteiger partial charge in [-0.25, -0.2) is 0 Å². The third kappa shape index (κ3) is 12.5. The molecular formula is C116H87BN4. The van der Waals surface area contributed by atoms with Gasteiger partial charge in [0.1, 0.15) is 0 Å². The van der Waals surface area contributed by atoms with E-state index in [2.05, 4.69) is 479 Å². The molecule has 4 nitrogen and oxygen atoms in total. The first-order valence-corrected chi connectivity index (χ1v) is 42.4. The summed E-state index contributed by atoms with van der Waals surface area (Å²) in [7, 11) is 0. The first kappa shape index (κ1) is 72.7. The van der Waals surface area contributed by atoms with Crippen molar-refractivity contribution in [3.8, 4) is 112 Å².